The summed E-state index contributed by atoms with van der Waals surface area (Å²) in [6.45, 7) is 15.1. The molecule has 1 aromatic carbocycles. The van der Waals surface area contributed by atoms with Gasteiger partial charge in [0.15, 0.2) is 13.7 Å². The minimum Gasteiger partial charge on any atom is -0.404 e. The summed E-state index contributed by atoms with van der Waals surface area (Å²) >= 11 is 0. The Morgan fingerprint density at radius 2 is 1.76 bits per heavy atom. The molecule has 0 unspecified atom stereocenters. The lowest BCUT2D eigenvalue weighted by Gasteiger charge is -2.39. The monoisotopic (exact) mass is 357 g/mol. The molecule has 136 valence electrons. The van der Waals surface area contributed by atoms with Gasteiger partial charge in [-0.1, -0.05) is 58.0 Å². The minimum atomic E-state index is -2.02. The fourth-order valence-corrected chi connectivity index (χ4v) is 3.74. The molecule has 1 heterocycles. The SMILES string of the molecule is CCc1cc(=O)c(C)c([C@@H](O[Si](C)(C)C(C)(C)C)c2ccccc2)[nH]1. The average molecular weight is 358 g/mol. The van der Waals surface area contributed by atoms with Crippen molar-refractivity contribution in [1.82, 2.24) is 4.98 Å². The summed E-state index contributed by atoms with van der Waals surface area (Å²) in [5, 5.41) is 0.0938. The van der Waals surface area contributed by atoms with Crippen molar-refractivity contribution in [2.45, 2.75) is 65.3 Å². The molecular weight excluding hydrogens is 326 g/mol. The van der Waals surface area contributed by atoms with E-state index >= 15 is 0 Å². The number of aryl methyl sites for hydroxylation is 1. The summed E-state index contributed by atoms with van der Waals surface area (Å²) in [6, 6.07) is 11.9. The third kappa shape index (κ3) is 4.31. The summed E-state index contributed by atoms with van der Waals surface area (Å²) in [4.78, 5) is 15.9. The number of pyridine rings is 1. The highest BCUT2D eigenvalue weighted by molar-refractivity contribution is 6.74. The first kappa shape index (κ1) is 19.7. The van der Waals surface area contributed by atoms with Gasteiger partial charge in [0.2, 0.25) is 0 Å². The smallest absolute Gasteiger partial charge is 0.193 e. The van der Waals surface area contributed by atoms with Gasteiger partial charge < -0.3 is 9.41 Å². The lowest BCUT2D eigenvalue weighted by molar-refractivity contribution is 0.216. The quantitative estimate of drug-likeness (QED) is 0.732. The predicted molar refractivity (Wildman–Crippen MR) is 108 cm³/mol. The molecule has 2 aromatic rings. The highest BCUT2D eigenvalue weighted by Crippen LogP contribution is 2.41. The number of rotatable bonds is 5. The molecule has 2 rings (SSSR count). The highest BCUT2D eigenvalue weighted by atomic mass is 28.4. The molecule has 0 fully saturated rings. The van der Waals surface area contributed by atoms with Crippen molar-refractivity contribution in [3.05, 3.63) is 69.1 Å². The van der Waals surface area contributed by atoms with Gasteiger partial charge in [-0.05, 0) is 37.0 Å². The van der Waals surface area contributed by atoms with E-state index in [0.29, 0.717) is 0 Å². The normalized spacial score (nSPS) is 13.7. The van der Waals surface area contributed by atoms with Crippen LogP contribution in [0.4, 0.5) is 0 Å². The number of aromatic nitrogens is 1. The Bertz CT molecular complexity index is 773. The van der Waals surface area contributed by atoms with Crippen LogP contribution in [0.15, 0.2) is 41.2 Å². The molecule has 0 saturated heterocycles. The molecule has 0 saturated carbocycles. The molecule has 1 aromatic heterocycles. The van der Waals surface area contributed by atoms with E-state index in [-0.39, 0.29) is 16.6 Å². The standard InChI is InChI=1S/C21H31NO2Si/c1-8-17-14-18(23)15(2)19(22-17)20(16-12-10-9-11-13-16)24-25(6,7)21(3,4)5/h9-14,20H,8H2,1-7H3,(H,22,23)/t20-/m0/s1. The van der Waals surface area contributed by atoms with Gasteiger partial charge in [-0.2, -0.15) is 0 Å². The molecule has 25 heavy (non-hydrogen) atoms. The molecule has 1 N–H and O–H groups in total. The summed E-state index contributed by atoms with van der Waals surface area (Å²) in [7, 11) is -2.02. The lowest BCUT2D eigenvalue weighted by Crippen LogP contribution is -2.42. The van der Waals surface area contributed by atoms with E-state index < -0.39 is 8.32 Å². The van der Waals surface area contributed by atoms with Crippen LogP contribution in [-0.4, -0.2) is 13.3 Å². The van der Waals surface area contributed by atoms with Crippen LogP contribution >= 0.6 is 0 Å². The Labute approximate surface area is 152 Å². The van der Waals surface area contributed by atoms with Crippen LogP contribution in [0.5, 0.6) is 0 Å². The third-order valence-electron chi connectivity index (χ3n) is 5.34. The number of hydrogen-bond acceptors (Lipinski definition) is 2. The van der Waals surface area contributed by atoms with E-state index in [1.807, 2.05) is 25.1 Å². The fraction of sp³-hybridized carbons (Fsp3) is 0.476. The van der Waals surface area contributed by atoms with Crippen molar-refractivity contribution >= 4 is 8.32 Å². The average Bonchev–Trinajstić information content (AvgIpc) is 2.55. The molecule has 0 radical (unpaired) electrons. The first-order valence-electron chi connectivity index (χ1n) is 9.02. The number of nitrogens with one attached hydrogen (secondary N) is 1. The first-order chi connectivity index (χ1) is 11.6. The summed E-state index contributed by atoms with van der Waals surface area (Å²) in [5.74, 6) is 0. The van der Waals surface area contributed by atoms with E-state index in [9.17, 15) is 4.79 Å². The van der Waals surface area contributed by atoms with Crippen molar-refractivity contribution in [2.24, 2.45) is 0 Å². The Kier molecular flexibility index (Phi) is 5.74. The fourth-order valence-electron chi connectivity index (χ4n) is 2.55. The minimum absolute atomic E-state index is 0.0744. The van der Waals surface area contributed by atoms with Gasteiger partial charge in [0, 0.05) is 17.3 Å². The maximum atomic E-state index is 12.5. The van der Waals surface area contributed by atoms with Crippen molar-refractivity contribution in [3.63, 3.8) is 0 Å². The Morgan fingerprint density at radius 1 is 1.16 bits per heavy atom. The van der Waals surface area contributed by atoms with Gasteiger partial charge in [0.05, 0.1) is 5.69 Å². The second kappa shape index (κ2) is 7.30. The van der Waals surface area contributed by atoms with Gasteiger partial charge in [0.25, 0.3) is 0 Å². The van der Waals surface area contributed by atoms with E-state index in [0.717, 1.165) is 28.9 Å². The maximum Gasteiger partial charge on any atom is 0.193 e. The van der Waals surface area contributed by atoms with Crippen LogP contribution < -0.4 is 5.43 Å². The van der Waals surface area contributed by atoms with Crippen LogP contribution in [0.3, 0.4) is 0 Å². The molecule has 3 nitrogen and oxygen atoms in total. The zero-order valence-corrected chi connectivity index (χ0v) is 17.6. The van der Waals surface area contributed by atoms with Crippen molar-refractivity contribution < 1.29 is 4.43 Å². The molecule has 0 amide bonds. The van der Waals surface area contributed by atoms with Crippen molar-refractivity contribution in [2.75, 3.05) is 0 Å². The molecule has 0 aliphatic heterocycles. The second-order valence-corrected chi connectivity index (χ2v) is 13.0. The Hall–Kier alpha value is -1.65. The molecular formula is C21H31NO2Si. The largest absolute Gasteiger partial charge is 0.404 e. The molecule has 0 aliphatic carbocycles. The number of aromatic amines is 1. The number of hydrogen-bond donors (Lipinski definition) is 1. The van der Waals surface area contributed by atoms with Crippen molar-refractivity contribution in [3.8, 4) is 0 Å². The van der Waals surface area contributed by atoms with E-state index in [2.05, 4.69) is 57.9 Å². The van der Waals surface area contributed by atoms with Crippen LogP contribution in [0, 0.1) is 6.92 Å². The lowest BCUT2D eigenvalue weighted by atomic mass is 10.0. The van der Waals surface area contributed by atoms with Crippen LogP contribution in [0.2, 0.25) is 18.1 Å². The highest BCUT2D eigenvalue weighted by Gasteiger charge is 2.40. The van der Waals surface area contributed by atoms with Crippen molar-refractivity contribution in [1.29, 1.82) is 0 Å². The molecule has 0 aliphatic rings. The van der Waals surface area contributed by atoms with Gasteiger partial charge in [-0.15, -0.1) is 0 Å². The third-order valence-corrected chi connectivity index (χ3v) is 9.78. The Balaban J connectivity index is 2.62. The second-order valence-electron chi connectivity index (χ2n) is 8.22. The number of benzene rings is 1. The van der Waals surface area contributed by atoms with Crippen LogP contribution in [0.25, 0.3) is 0 Å². The predicted octanol–water partition coefficient (Wildman–Crippen LogP) is 5.36. The topological polar surface area (TPSA) is 42.1 Å². The van der Waals surface area contributed by atoms with E-state index in [1.165, 1.54) is 0 Å². The van der Waals surface area contributed by atoms with E-state index in [1.54, 1.807) is 6.07 Å². The van der Waals surface area contributed by atoms with Gasteiger partial charge in [0.1, 0.15) is 6.10 Å². The molecule has 4 heteroatoms. The van der Waals surface area contributed by atoms with Gasteiger partial charge >= 0.3 is 0 Å². The molecule has 0 spiro atoms. The maximum absolute atomic E-state index is 12.5. The number of H-pyrrole nitrogens is 1. The van der Waals surface area contributed by atoms with Crippen LogP contribution in [-0.2, 0) is 10.8 Å². The molecule has 0 bridgehead atoms. The van der Waals surface area contributed by atoms with Gasteiger partial charge in [-0.25, -0.2) is 0 Å². The zero-order valence-electron chi connectivity index (χ0n) is 16.6. The first-order valence-corrected chi connectivity index (χ1v) is 11.9. The summed E-state index contributed by atoms with van der Waals surface area (Å²) in [6.07, 6.45) is 0.547. The van der Waals surface area contributed by atoms with Crippen LogP contribution in [0.1, 0.15) is 56.3 Å². The van der Waals surface area contributed by atoms with Gasteiger partial charge in [-0.3, -0.25) is 4.79 Å². The van der Waals surface area contributed by atoms with E-state index in [4.69, 9.17) is 4.43 Å². The molecule has 1 atom stereocenters. The summed E-state index contributed by atoms with van der Waals surface area (Å²) in [5.41, 5.74) is 3.74. The zero-order chi connectivity index (χ0) is 18.8. The summed E-state index contributed by atoms with van der Waals surface area (Å²) < 4.78 is 6.78. The Morgan fingerprint density at radius 3 is 2.28 bits per heavy atom.